The Morgan fingerprint density at radius 3 is 1.27 bits per heavy atom. The van der Waals surface area contributed by atoms with Crippen LogP contribution in [0.25, 0.3) is 0 Å². The zero-order valence-electron chi connectivity index (χ0n) is 55.7. The smallest absolute Gasteiger partial charge is 0.330 e. The first kappa shape index (κ1) is 83.2. The van der Waals surface area contributed by atoms with Crippen molar-refractivity contribution in [2.24, 2.45) is 45.0 Å². The van der Waals surface area contributed by atoms with Gasteiger partial charge in [0.05, 0.1) is 53.8 Å². The van der Waals surface area contributed by atoms with Crippen LogP contribution in [0, 0.1) is 37.9 Å². The summed E-state index contributed by atoms with van der Waals surface area (Å²) in [7, 11) is 5.58. The topological polar surface area (TPSA) is 298 Å². The number of carbonyl (C=O) groups is 3. The van der Waals surface area contributed by atoms with Crippen LogP contribution < -0.4 is 0 Å². The summed E-state index contributed by atoms with van der Waals surface area (Å²) < 4.78 is 67.3. The fraction of sp³-hybridized carbons (Fsp3) is 0.887. The van der Waals surface area contributed by atoms with E-state index in [4.69, 9.17) is 13.7 Å². The first-order chi connectivity index (χ1) is 36.3. The van der Waals surface area contributed by atoms with Crippen LogP contribution in [-0.2, 0) is 101 Å². The van der Waals surface area contributed by atoms with Crippen LogP contribution >= 0.6 is 7.60 Å². The Kier molecular flexibility index (Phi) is 38.8. The highest BCUT2D eigenvalue weighted by Gasteiger charge is 2.29. The lowest BCUT2D eigenvalue weighted by molar-refractivity contribution is -0.143. The highest BCUT2D eigenvalue weighted by Crippen LogP contribution is 2.50. The maximum Gasteiger partial charge on any atom is 0.330 e. The van der Waals surface area contributed by atoms with Crippen molar-refractivity contribution in [3.05, 3.63) is 17.5 Å². The van der Waals surface area contributed by atoms with Crippen LogP contribution in [0.15, 0.2) is 0 Å². The summed E-state index contributed by atoms with van der Waals surface area (Å²) in [5.41, 5.74) is 0.630. The molecule has 0 amide bonds. The van der Waals surface area contributed by atoms with Gasteiger partial charge in [0.15, 0.2) is 24.0 Å². The molecule has 0 fully saturated rings. The first-order valence-corrected chi connectivity index (χ1v) is 30.1. The molecule has 81 heavy (non-hydrogen) atoms. The van der Waals surface area contributed by atoms with Crippen molar-refractivity contribution in [1.29, 1.82) is 0 Å². The number of tetrazole rings is 3. The van der Waals surface area contributed by atoms with Gasteiger partial charge in [-0.15, -0.1) is 25.5 Å². The number of esters is 3. The van der Waals surface area contributed by atoms with E-state index in [2.05, 4.69) is 155 Å². The third-order valence-corrected chi connectivity index (χ3v) is 13.5. The monoisotopic (exact) mass is 1200 g/mol. The summed E-state index contributed by atoms with van der Waals surface area (Å²) in [5.74, 6) is 1.37. The molecule has 3 aromatic rings. The van der Waals surface area contributed by atoms with E-state index in [-0.39, 0.29) is 69.2 Å². The first-order valence-electron chi connectivity index (χ1n) is 26.8. The van der Waals surface area contributed by atoms with Gasteiger partial charge < -0.3 is 27.9 Å². The van der Waals surface area contributed by atoms with Gasteiger partial charge >= 0.3 is 25.5 Å². The molecule has 0 aliphatic rings. The zero-order chi connectivity index (χ0) is 64.7. The van der Waals surface area contributed by atoms with Gasteiger partial charge in [-0.1, -0.05) is 159 Å². The molecule has 0 aromatic carbocycles. The molecule has 3 aromatic heterocycles. The predicted molar refractivity (Wildman–Crippen MR) is 318 cm³/mol. The maximum atomic E-state index is 11.5. The molecule has 0 spiro atoms. The van der Waals surface area contributed by atoms with Crippen molar-refractivity contribution < 1.29 is 59.5 Å². The van der Waals surface area contributed by atoms with E-state index in [0.717, 1.165) is 37.7 Å². The average Bonchev–Trinajstić information content (AvgIpc) is 4.03. The molecule has 25 nitrogen and oxygen atoms in total. The van der Waals surface area contributed by atoms with Crippen molar-refractivity contribution in [1.82, 2.24) is 60.6 Å². The van der Waals surface area contributed by atoms with Crippen LogP contribution in [-0.4, -0.2) is 156 Å². The number of methoxy groups -OCH3 is 3. The van der Waals surface area contributed by atoms with Crippen molar-refractivity contribution in [2.45, 2.75) is 204 Å². The van der Waals surface area contributed by atoms with Gasteiger partial charge in [0, 0.05) is 40.6 Å². The predicted octanol–water partition coefficient (Wildman–Crippen LogP) is 9.48. The van der Waals surface area contributed by atoms with Crippen LogP contribution in [0.5, 0.6) is 0 Å². The van der Waals surface area contributed by atoms with E-state index in [1.807, 2.05) is 62.3 Å². The second kappa shape index (κ2) is 37.8. The normalized spacial score (nSPS) is 12.1. The van der Waals surface area contributed by atoms with E-state index < -0.39 is 17.7 Å². The molecule has 0 bridgehead atoms. The van der Waals surface area contributed by atoms with Crippen LogP contribution in [0.4, 0.5) is 0 Å². The van der Waals surface area contributed by atoms with Crippen molar-refractivity contribution in [3.8, 4) is 0 Å². The summed E-state index contributed by atoms with van der Waals surface area (Å²) in [5, 5.41) is 34.6. The van der Waals surface area contributed by atoms with Gasteiger partial charge in [-0.05, 0) is 65.1 Å². The quantitative estimate of drug-likeness (QED) is 0.0424. The zero-order valence-corrected chi connectivity index (χ0v) is 57.4. The van der Waals surface area contributed by atoms with Gasteiger partial charge in [0.2, 0.25) is 0 Å². The molecule has 3 rings (SSSR count). The number of nitrogens with zero attached hydrogens (tertiary/aromatic N) is 12. The van der Waals surface area contributed by atoms with Crippen molar-refractivity contribution in [2.75, 3.05) is 61.7 Å². The Morgan fingerprint density at radius 1 is 0.543 bits per heavy atom. The Bertz CT molecular complexity index is 2340. The minimum atomic E-state index is -3.28. The van der Waals surface area contributed by atoms with E-state index in [9.17, 15) is 27.4 Å². The van der Waals surface area contributed by atoms with Gasteiger partial charge in [0.25, 0.3) is 17.0 Å². The molecular formula is C53H110BN12O13PS. The van der Waals surface area contributed by atoms with E-state index in [0.29, 0.717) is 36.6 Å². The highest BCUT2D eigenvalue weighted by atomic mass is 32.2. The number of hydrogen-bond donors (Lipinski definition) is 0. The number of aryl methyl sites for hydroxylation is 1. The molecule has 474 valence electrons. The van der Waals surface area contributed by atoms with Gasteiger partial charge in [-0.2, -0.15) is 18.0 Å². The van der Waals surface area contributed by atoms with Crippen LogP contribution in [0.1, 0.15) is 176 Å². The lowest BCUT2D eigenvalue weighted by Crippen LogP contribution is -2.21. The second-order valence-corrected chi connectivity index (χ2v) is 31.5. The average molecular weight is 1200 g/mol. The molecule has 0 aliphatic carbocycles. The number of hydrogen-bond acceptors (Lipinski definition) is 22. The standard InChI is InChI=1S/2C9H16N4O2.C8H19BO.C7H14N4.C7H17O3P.C7H14O2.C6H14O3S/c1-9(2,3)5-7-10-11-12-13(7)6-8(14)15-4;1-9(2,3)5-7-10-12-13(11-7)6-8(14)15-4;1-6-9(10-5)7-8(2,3)4;1-7(2,3)5-6-8-10-11(4)9-6;1-7(2,3)6-11(8,9-4)10-5;1-7(2,3)5-6(8)9-4;1-6(2,3)5-10(7,8)9-4/h2*5-6H2,1-4H3;6-7H2,1-5H3;5H2,1-4H3;6H2,1-5H3;5H2,1-4H3;5H2,1-4H3. The minimum Gasteiger partial charge on any atom is -0.469 e. The highest BCUT2D eigenvalue weighted by molar-refractivity contribution is 7.86. The molecule has 0 saturated carbocycles. The molecule has 28 heteroatoms. The summed E-state index contributed by atoms with van der Waals surface area (Å²) in [6, 6.07) is 0. The van der Waals surface area contributed by atoms with Gasteiger partial charge in [-0.25, -0.2) is 9.48 Å². The SMILES string of the molecule is CCB(CC(C)(C)C)OC.COC(=O)CC(C)(C)C.COC(=O)Cn1nnc(CC(C)(C)C)n1.COC(=O)Cn1nnnc1CC(C)(C)C.COP(=O)(CC(C)(C)C)OC.COS(=O)(=O)CC(C)(C)C.Cn1nnc(CC(C)(C)C)n1. The summed E-state index contributed by atoms with van der Waals surface area (Å²) in [6.07, 6.45) is 5.54. The molecule has 0 radical (unpaired) electrons. The fourth-order valence-electron chi connectivity index (χ4n) is 6.03. The van der Waals surface area contributed by atoms with Gasteiger partial charge in [0.1, 0.15) is 6.54 Å². The molecule has 0 N–H and O–H groups in total. The Hall–Kier alpha value is -4.30. The van der Waals surface area contributed by atoms with E-state index >= 15 is 0 Å². The number of rotatable bonds is 16. The summed E-state index contributed by atoms with van der Waals surface area (Å²) in [4.78, 5) is 35.3. The van der Waals surface area contributed by atoms with Gasteiger partial charge in [-0.3, -0.25) is 18.3 Å². The summed E-state index contributed by atoms with van der Waals surface area (Å²) >= 11 is 0. The number of carbonyl (C=O) groups excluding carboxylic acids is 3. The fourth-order valence-corrected chi connectivity index (χ4v) is 8.77. The number of ether oxygens (including phenoxy) is 3. The molecule has 0 aliphatic heterocycles. The molecule has 0 unspecified atom stereocenters. The lowest BCUT2D eigenvalue weighted by Gasteiger charge is -2.23. The lowest BCUT2D eigenvalue weighted by atomic mass is 9.55. The van der Waals surface area contributed by atoms with E-state index in [1.54, 1.807) is 14.2 Å². The minimum absolute atomic E-state index is 0.00758. The van der Waals surface area contributed by atoms with Crippen LogP contribution in [0.2, 0.25) is 12.6 Å². The molecular weight excluding hydrogens is 1090 g/mol. The molecule has 0 atom stereocenters. The maximum absolute atomic E-state index is 11.5. The number of aromatic nitrogens is 12. The third kappa shape index (κ3) is 53.5. The Balaban J connectivity index is -0.000000431. The Morgan fingerprint density at radius 2 is 0.988 bits per heavy atom. The third-order valence-electron chi connectivity index (χ3n) is 9.34. The van der Waals surface area contributed by atoms with Crippen molar-refractivity contribution in [3.63, 3.8) is 0 Å². The second-order valence-electron chi connectivity index (χ2n) is 27.5. The largest absolute Gasteiger partial charge is 0.469 e. The summed E-state index contributed by atoms with van der Waals surface area (Å²) in [6.45, 7) is 46.0. The Labute approximate surface area is 488 Å². The van der Waals surface area contributed by atoms with E-state index in [1.165, 1.54) is 56.9 Å². The molecule has 3 heterocycles. The molecule has 0 saturated heterocycles. The van der Waals surface area contributed by atoms with Crippen molar-refractivity contribution >= 4 is 42.5 Å². The van der Waals surface area contributed by atoms with Crippen LogP contribution in [0.3, 0.4) is 0 Å².